The van der Waals surface area contributed by atoms with E-state index < -0.39 is 52.6 Å². The summed E-state index contributed by atoms with van der Waals surface area (Å²) in [7, 11) is -3.55. The fourth-order valence-electron chi connectivity index (χ4n) is 4.40. The van der Waals surface area contributed by atoms with Gasteiger partial charge in [0.05, 0.1) is 18.1 Å². The normalized spacial score (nSPS) is 33.3. The van der Waals surface area contributed by atoms with E-state index in [9.17, 15) is 8.42 Å². The first-order chi connectivity index (χ1) is 15.8. The lowest BCUT2D eigenvalue weighted by atomic mass is 10.1. The van der Waals surface area contributed by atoms with Gasteiger partial charge in [0.25, 0.3) is 0 Å². The average Bonchev–Trinajstić information content (AvgIpc) is 3.45. The van der Waals surface area contributed by atoms with Gasteiger partial charge in [-0.3, -0.25) is 0 Å². The van der Waals surface area contributed by atoms with Crippen molar-refractivity contribution in [3.8, 4) is 0 Å². The Kier molecular flexibility index (Phi) is 6.30. The van der Waals surface area contributed by atoms with Gasteiger partial charge in [0.15, 0.2) is 28.2 Å². The van der Waals surface area contributed by atoms with E-state index in [2.05, 4.69) is 0 Å². The molecule has 0 bridgehead atoms. The summed E-state index contributed by atoms with van der Waals surface area (Å²) in [4.78, 5) is 0.236. The molecule has 2 aromatic carbocycles. The molecule has 0 N–H and O–H groups in total. The Balaban J connectivity index is 1.27. The molecule has 0 radical (unpaired) electrons. The average molecular weight is 477 g/mol. The third-order valence-corrected chi connectivity index (χ3v) is 7.61. The van der Waals surface area contributed by atoms with Crippen molar-refractivity contribution in [1.82, 2.24) is 0 Å². The van der Waals surface area contributed by atoms with Gasteiger partial charge in [0, 0.05) is 0 Å². The van der Waals surface area contributed by atoms with Crippen LogP contribution in [0, 0.1) is 0 Å². The summed E-state index contributed by atoms with van der Waals surface area (Å²) in [6.07, 6.45) is -3.41. The highest BCUT2D eigenvalue weighted by molar-refractivity contribution is 7.91. The maximum absolute atomic E-state index is 12.7. The highest BCUT2D eigenvalue weighted by Gasteiger charge is 2.58. The summed E-state index contributed by atoms with van der Waals surface area (Å²) in [6, 6.07) is 18.1. The third kappa shape index (κ3) is 5.00. The van der Waals surface area contributed by atoms with Crippen LogP contribution in [0.25, 0.3) is 0 Å². The second-order valence-electron chi connectivity index (χ2n) is 8.86. The Morgan fingerprint density at radius 3 is 2.36 bits per heavy atom. The van der Waals surface area contributed by atoms with E-state index in [0.717, 1.165) is 5.56 Å². The van der Waals surface area contributed by atoms with Crippen LogP contribution in [0.3, 0.4) is 0 Å². The summed E-state index contributed by atoms with van der Waals surface area (Å²) < 4.78 is 61.4. The zero-order valence-corrected chi connectivity index (χ0v) is 19.3. The van der Waals surface area contributed by atoms with Gasteiger partial charge in [0.2, 0.25) is 0 Å². The lowest BCUT2D eigenvalue weighted by Gasteiger charge is -2.28. The molecule has 9 heteroatoms. The minimum absolute atomic E-state index is 0.188. The third-order valence-electron chi connectivity index (χ3n) is 5.91. The molecule has 6 atom stereocenters. The molecule has 0 spiro atoms. The van der Waals surface area contributed by atoms with E-state index in [1.165, 1.54) is 0 Å². The van der Waals surface area contributed by atoms with Gasteiger partial charge in [-0.25, -0.2) is 8.42 Å². The lowest BCUT2D eigenvalue weighted by molar-refractivity contribution is -0.231. The summed E-state index contributed by atoms with van der Waals surface area (Å²) in [5, 5.41) is 0. The molecule has 0 amide bonds. The maximum atomic E-state index is 12.7. The van der Waals surface area contributed by atoms with Crippen LogP contribution in [0.15, 0.2) is 65.6 Å². The fraction of sp³-hybridized carbons (Fsp3) is 0.500. The van der Waals surface area contributed by atoms with Gasteiger partial charge in [-0.1, -0.05) is 48.5 Å². The molecule has 2 aromatic rings. The van der Waals surface area contributed by atoms with Gasteiger partial charge in [-0.05, 0) is 31.5 Å². The van der Waals surface area contributed by atoms with E-state index in [1.54, 1.807) is 30.3 Å². The minimum atomic E-state index is -3.55. The molecule has 3 saturated heterocycles. The molecule has 3 heterocycles. The lowest BCUT2D eigenvalue weighted by Crippen LogP contribution is -2.43. The second kappa shape index (κ2) is 9.07. The first-order valence-corrected chi connectivity index (χ1v) is 12.7. The van der Waals surface area contributed by atoms with Gasteiger partial charge in [-0.15, -0.1) is 0 Å². The van der Waals surface area contributed by atoms with Gasteiger partial charge >= 0.3 is 0 Å². The molecular formula is C24H28O8S. The predicted molar refractivity (Wildman–Crippen MR) is 117 cm³/mol. The SMILES string of the molecule is CC1(C)O[C@H]2O[C@H]([C@H]3CO[C@@H](CS(=O)(=O)c4ccccc4)O3)[C@H](OCc3ccccc3)[C@H]2O1. The van der Waals surface area contributed by atoms with Crippen LogP contribution < -0.4 is 0 Å². The predicted octanol–water partition coefficient (Wildman–Crippen LogP) is 2.66. The standard InChI is InChI=1S/C24H28O8S/c1-24(2)31-22-21(28-13-16-9-5-3-6-10-16)20(30-23(22)32-24)18-14-27-19(29-18)15-33(25,26)17-11-7-4-8-12-17/h3-12,18-23H,13-15H2,1-2H3/t18-,19-,20-,21+,22-,23-/m1/s1. The largest absolute Gasteiger partial charge is 0.368 e. The topological polar surface area (TPSA) is 89.5 Å². The maximum Gasteiger partial charge on any atom is 0.190 e. The Morgan fingerprint density at radius 2 is 1.64 bits per heavy atom. The van der Waals surface area contributed by atoms with Crippen LogP contribution in [0.4, 0.5) is 0 Å². The Bertz CT molecular complexity index is 1040. The number of ether oxygens (including phenoxy) is 6. The minimum Gasteiger partial charge on any atom is -0.368 e. The summed E-state index contributed by atoms with van der Waals surface area (Å²) in [5.74, 6) is -1.06. The Morgan fingerprint density at radius 1 is 0.939 bits per heavy atom. The van der Waals surface area contributed by atoms with Crippen LogP contribution in [-0.4, -0.2) is 63.6 Å². The van der Waals surface area contributed by atoms with Crippen molar-refractivity contribution in [3.63, 3.8) is 0 Å². The van der Waals surface area contributed by atoms with E-state index in [-0.39, 0.29) is 17.3 Å². The summed E-state index contributed by atoms with van der Waals surface area (Å²) >= 11 is 0. The number of hydrogen-bond acceptors (Lipinski definition) is 8. The van der Waals surface area contributed by atoms with Crippen molar-refractivity contribution in [2.45, 2.75) is 68.1 Å². The number of rotatable bonds is 7. The molecule has 3 aliphatic rings. The Hall–Kier alpha value is -1.85. The summed E-state index contributed by atoms with van der Waals surface area (Å²) in [5.41, 5.74) is 1.02. The molecule has 0 unspecified atom stereocenters. The molecular weight excluding hydrogens is 448 g/mol. The number of benzene rings is 2. The second-order valence-corrected chi connectivity index (χ2v) is 10.9. The van der Waals surface area contributed by atoms with Gasteiger partial charge < -0.3 is 28.4 Å². The molecule has 8 nitrogen and oxygen atoms in total. The van der Waals surface area contributed by atoms with Crippen LogP contribution in [0.1, 0.15) is 19.4 Å². The number of fused-ring (bicyclic) bond motifs is 1. The highest BCUT2D eigenvalue weighted by Crippen LogP contribution is 2.41. The van der Waals surface area contributed by atoms with Crippen LogP contribution in [0.5, 0.6) is 0 Å². The monoisotopic (exact) mass is 476 g/mol. The van der Waals surface area contributed by atoms with Crippen LogP contribution >= 0.6 is 0 Å². The van der Waals surface area contributed by atoms with Crippen molar-refractivity contribution < 1.29 is 36.8 Å². The molecule has 178 valence electrons. The van der Waals surface area contributed by atoms with Crippen molar-refractivity contribution >= 4 is 9.84 Å². The quantitative estimate of drug-likeness (QED) is 0.603. The fourth-order valence-corrected chi connectivity index (χ4v) is 5.70. The molecule has 3 fully saturated rings. The molecule has 0 saturated carbocycles. The van der Waals surface area contributed by atoms with E-state index in [0.29, 0.717) is 6.61 Å². The molecule has 0 aliphatic carbocycles. The first-order valence-electron chi connectivity index (χ1n) is 11.0. The Labute approximate surface area is 193 Å². The van der Waals surface area contributed by atoms with Crippen molar-refractivity contribution in [3.05, 3.63) is 66.2 Å². The zero-order valence-electron chi connectivity index (χ0n) is 18.5. The molecule has 33 heavy (non-hydrogen) atoms. The van der Waals surface area contributed by atoms with E-state index in [4.69, 9.17) is 28.4 Å². The van der Waals surface area contributed by atoms with Crippen molar-refractivity contribution in [2.75, 3.05) is 12.4 Å². The van der Waals surface area contributed by atoms with Gasteiger partial charge in [0.1, 0.15) is 30.2 Å². The zero-order chi connectivity index (χ0) is 23.1. The van der Waals surface area contributed by atoms with Crippen molar-refractivity contribution in [2.24, 2.45) is 0 Å². The first kappa shape index (κ1) is 22.9. The highest BCUT2D eigenvalue weighted by atomic mass is 32.2. The van der Waals surface area contributed by atoms with Crippen LogP contribution in [0.2, 0.25) is 0 Å². The summed E-state index contributed by atoms with van der Waals surface area (Å²) in [6.45, 7) is 4.22. The number of sulfone groups is 1. The van der Waals surface area contributed by atoms with E-state index in [1.807, 2.05) is 44.2 Å². The molecule has 0 aromatic heterocycles. The molecule has 3 aliphatic heterocycles. The van der Waals surface area contributed by atoms with Crippen molar-refractivity contribution in [1.29, 1.82) is 0 Å². The molecule has 5 rings (SSSR count). The van der Waals surface area contributed by atoms with Gasteiger partial charge in [-0.2, -0.15) is 0 Å². The van der Waals surface area contributed by atoms with E-state index >= 15 is 0 Å². The number of hydrogen-bond donors (Lipinski definition) is 0. The smallest absolute Gasteiger partial charge is 0.190 e. The van der Waals surface area contributed by atoms with Crippen LogP contribution in [-0.2, 0) is 44.9 Å².